The molecular weight excluding hydrogens is 388 g/mol. The van der Waals surface area contributed by atoms with Gasteiger partial charge in [-0.15, -0.1) is 0 Å². The minimum absolute atomic E-state index is 0.00547. The first-order valence-electron chi connectivity index (χ1n) is 10.1. The average Bonchev–Trinajstić information content (AvgIpc) is 2.73. The Kier molecular flexibility index (Phi) is 7.18. The monoisotopic (exact) mass is 416 g/mol. The molecule has 0 unspecified atom stereocenters. The molecule has 162 valence electrons. The number of rotatable bonds is 9. The standard InChI is InChI=1S/C23H28O7/c1-29-21-12-14(3-9-19(21)26)2-6-16(24)13-17(25)7-4-15-5-10-20(27)23-18(15)8-11-22(28)30-23/h3,5,9-10,12,17,22,25-28H,2,4,6-8,11,13H2,1H3/t17-,22+/m1/s1. The van der Waals surface area contributed by atoms with Gasteiger partial charge in [-0.2, -0.15) is 0 Å². The van der Waals surface area contributed by atoms with E-state index in [2.05, 4.69) is 0 Å². The molecule has 0 aliphatic carbocycles. The minimum Gasteiger partial charge on any atom is -0.504 e. The van der Waals surface area contributed by atoms with Crippen molar-refractivity contribution in [2.45, 2.75) is 57.3 Å². The lowest BCUT2D eigenvalue weighted by atomic mass is 9.93. The molecule has 0 amide bonds. The van der Waals surface area contributed by atoms with Crippen LogP contribution < -0.4 is 9.47 Å². The number of phenolic OH excluding ortho intramolecular Hbond substituents is 2. The molecule has 7 heteroatoms. The molecule has 0 saturated carbocycles. The zero-order chi connectivity index (χ0) is 21.7. The van der Waals surface area contributed by atoms with Crippen molar-refractivity contribution in [3.8, 4) is 23.0 Å². The Bertz CT molecular complexity index is 893. The molecule has 0 bridgehead atoms. The average molecular weight is 416 g/mol. The third kappa shape index (κ3) is 5.43. The summed E-state index contributed by atoms with van der Waals surface area (Å²) in [5.74, 6) is 0.692. The molecule has 0 spiro atoms. The maximum absolute atomic E-state index is 12.3. The lowest BCUT2D eigenvalue weighted by Crippen LogP contribution is -2.23. The number of carbonyl (C=O) groups is 1. The van der Waals surface area contributed by atoms with Crippen molar-refractivity contribution in [2.75, 3.05) is 7.11 Å². The van der Waals surface area contributed by atoms with Gasteiger partial charge in [-0.1, -0.05) is 12.1 Å². The van der Waals surface area contributed by atoms with E-state index in [1.54, 1.807) is 18.2 Å². The zero-order valence-corrected chi connectivity index (χ0v) is 17.0. The van der Waals surface area contributed by atoms with Crippen molar-refractivity contribution in [1.82, 2.24) is 0 Å². The lowest BCUT2D eigenvalue weighted by molar-refractivity contribution is -0.121. The van der Waals surface area contributed by atoms with E-state index in [0.717, 1.165) is 16.7 Å². The van der Waals surface area contributed by atoms with Crippen LogP contribution in [0.5, 0.6) is 23.0 Å². The van der Waals surface area contributed by atoms with Crippen LogP contribution in [-0.4, -0.2) is 45.7 Å². The van der Waals surface area contributed by atoms with E-state index in [9.17, 15) is 25.2 Å². The van der Waals surface area contributed by atoms with Gasteiger partial charge in [-0.25, -0.2) is 0 Å². The van der Waals surface area contributed by atoms with Crippen LogP contribution >= 0.6 is 0 Å². The van der Waals surface area contributed by atoms with Gasteiger partial charge in [-0.3, -0.25) is 4.79 Å². The predicted octanol–water partition coefficient (Wildman–Crippen LogP) is 2.64. The fourth-order valence-electron chi connectivity index (χ4n) is 3.71. The molecular formula is C23H28O7. The van der Waals surface area contributed by atoms with E-state index in [1.807, 2.05) is 0 Å². The van der Waals surface area contributed by atoms with Gasteiger partial charge >= 0.3 is 0 Å². The first kappa shape index (κ1) is 21.9. The third-order valence-corrected chi connectivity index (χ3v) is 5.38. The molecule has 1 aliphatic heterocycles. The second-order valence-electron chi connectivity index (χ2n) is 7.60. The molecule has 0 fully saturated rings. The molecule has 0 radical (unpaired) electrons. The number of ketones is 1. The molecule has 0 aromatic heterocycles. The quantitative estimate of drug-likeness (QED) is 0.496. The number of hydrogen-bond donors (Lipinski definition) is 4. The van der Waals surface area contributed by atoms with Gasteiger partial charge in [0, 0.05) is 24.8 Å². The minimum atomic E-state index is -0.921. The van der Waals surface area contributed by atoms with Crippen LogP contribution in [-0.2, 0) is 24.1 Å². The summed E-state index contributed by atoms with van der Waals surface area (Å²) >= 11 is 0. The molecule has 7 nitrogen and oxygen atoms in total. The summed E-state index contributed by atoms with van der Waals surface area (Å²) in [6, 6.07) is 8.30. The van der Waals surface area contributed by atoms with Gasteiger partial charge in [0.15, 0.2) is 29.3 Å². The van der Waals surface area contributed by atoms with E-state index >= 15 is 0 Å². The van der Waals surface area contributed by atoms with E-state index in [0.29, 0.717) is 50.0 Å². The maximum atomic E-state index is 12.3. The van der Waals surface area contributed by atoms with Crippen LogP contribution in [0.3, 0.4) is 0 Å². The van der Waals surface area contributed by atoms with Gasteiger partial charge < -0.3 is 29.9 Å². The highest BCUT2D eigenvalue weighted by molar-refractivity contribution is 5.79. The molecule has 2 atom stereocenters. The van der Waals surface area contributed by atoms with Crippen molar-refractivity contribution < 1.29 is 34.7 Å². The Labute approximate surface area is 175 Å². The Balaban J connectivity index is 1.50. The summed E-state index contributed by atoms with van der Waals surface area (Å²) in [5.41, 5.74) is 2.67. The molecule has 4 N–H and O–H groups in total. The Hall–Kier alpha value is -2.77. The van der Waals surface area contributed by atoms with Crippen LogP contribution in [0.25, 0.3) is 0 Å². The smallest absolute Gasteiger partial charge is 0.197 e. The number of aliphatic hydroxyl groups excluding tert-OH is 2. The highest BCUT2D eigenvalue weighted by Crippen LogP contribution is 2.38. The van der Waals surface area contributed by atoms with E-state index < -0.39 is 12.4 Å². The fraction of sp³-hybridized carbons (Fsp3) is 0.435. The molecule has 2 aromatic carbocycles. The molecule has 3 rings (SSSR count). The van der Waals surface area contributed by atoms with Crippen LogP contribution in [0.1, 0.15) is 42.4 Å². The van der Waals surface area contributed by atoms with E-state index in [1.165, 1.54) is 19.2 Å². The Morgan fingerprint density at radius 3 is 2.73 bits per heavy atom. The van der Waals surface area contributed by atoms with Crippen LogP contribution in [0.15, 0.2) is 30.3 Å². The number of Topliss-reactive ketones (excluding diaryl/α,β-unsaturated/α-hetero) is 1. The highest BCUT2D eigenvalue weighted by atomic mass is 16.6. The van der Waals surface area contributed by atoms with E-state index in [-0.39, 0.29) is 23.7 Å². The number of benzene rings is 2. The SMILES string of the molecule is COc1cc(CCC(=O)C[C@H](O)CCc2ccc(O)c3c2CC[C@@H](O)O3)ccc1O. The number of aliphatic hydroxyl groups is 2. The Morgan fingerprint density at radius 2 is 1.97 bits per heavy atom. The predicted molar refractivity (Wildman–Crippen MR) is 110 cm³/mol. The van der Waals surface area contributed by atoms with Gasteiger partial charge in [0.05, 0.1) is 13.2 Å². The molecule has 2 aromatic rings. The van der Waals surface area contributed by atoms with Crippen LogP contribution in [0, 0.1) is 0 Å². The molecule has 1 heterocycles. The van der Waals surface area contributed by atoms with Gasteiger partial charge in [0.25, 0.3) is 0 Å². The Morgan fingerprint density at radius 1 is 1.20 bits per heavy atom. The first-order chi connectivity index (χ1) is 14.4. The van der Waals surface area contributed by atoms with Crippen molar-refractivity contribution in [1.29, 1.82) is 0 Å². The summed E-state index contributed by atoms with van der Waals surface area (Å²) in [4.78, 5) is 12.3. The maximum Gasteiger partial charge on any atom is 0.197 e. The molecule has 30 heavy (non-hydrogen) atoms. The number of phenols is 2. The topological polar surface area (TPSA) is 116 Å². The third-order valence-electron chi connectivity index (χ3n) is 5.38. The van der Waals surface area contributed by atoms with Crippen molar-refractivity contribution in [3.63, 3.8) is 0 Å². The van der Waals surface area contributed by atoms with Gasteiger partial charge in [-0.05, 0) is 55.0 Å². The number of methoxy groups -OCH3 is 1. The number of aromatic hydroxyl groups is 2. The summed E-state index contributed by atoms with van der Waals surface area (Å²) in [6.07, 6.45) is 1.20. The summed E-state index contributed by atoms with van der Waals surface area (Å²) in [5, 5.41) is 39.5. The van der Waals surface area contributed by atoms with Crippen molar-refractivity contribution >= 4 is 5.78 Å². The van der Waals surface area contributed by atoms with Gasteiger partial charge in [0.1, 0.15) is 5.78 Å². The molecule has 1 aliphatic rings. The van der Waals surface area contributed by atoms with Crippen LogP contribution in [0.2, 0.25) is 0 Å². The first-order valence-corrected chi connectivity index (χ1v) is 10.1. The molecule has 0 saturated heterocycles. The summed E-state index contributed by atoms with van der Waals surface area (Å²) < 4.78 is 10.4. The lowest BCUT2D eigenvalue weighted by Gasteiger charge is -2.25. The number of fused-ring (bicyclic) bond motifs is 1. The number of ether oxygens (including phenoxy) is 2. The van der Waals surface area contributed by atoms with Gasteiger partial charge in [0.2, 0.25) is 0 Å². The van der Waals surface area contributed by atoms with Crippen LogP contribution in [0.4, 0.5) is 0 Å². The number of carbonyl (C=O) groups excluding carboxylic acids is 1. The number of aryl methyl sites for hydroxylation is 2. The summed E-state index contributed by atoms with van der Waals surface area (Å²) in [7, 11) is 1.47. The van der Waals surface area contributed by atoms with Crippen molar-refractivity contribution in [2.24, 2.45) is 0 Å². The largest absolute Gasteiger partial charge is 0.504 e. The second-order valence-corrected chi connectivity index (χ2v) is 7.60. The highest BCUT2D eigenvalue weighted by Gasteiger charge is 2.23. The number of hydrogen-bond acceptors (Lipinski definition) is 7. The second kappa shape index (κ2) is 9.82. The van der Waals surface area contributed by atoms with E-state index in [4.69, 9.17) is 9.47 Å². The zero-order valence-electron chi connectivity index (χ0n) is 17.0. The van der Waals surface area contributed by atoms with Crippen molar-refractivity contribution in [3.05, 3.63) is 47.0 Å². The fourth-order valence-corrected chi connectivity index (χ4v) is 3.71. The summed E-state index contributed by atoms with van der Waals surface area (Å²) in [6.45, 7) is 0. The normalized spacial score (nSPS) is 16.4.